The smallest absolute Gasteiger partial charge is 0.220 e. The molecule has 1 saturated heterocycles. The van der Waals surface area contributed by atoms with Crippen LogP contribution in [-0.4, -0.2) is 43.7 Å². The first-order valence-corrected chi connectivity index (χ1v) is 9.20. The van der Waals surface area contributed by atoms with Crippen molar-refractivity contribution >= 4 is 36.4 Å². The number of carbonyl (C=O) groups is 1. The van der Waals surface area contributed by atoms with E-state index in [0.29, 0.717) is 12.8 Å². The van der Waals surface area contributed by atoms with Crippen molar-refractivity contribution in [2.45, 2.75) is 18.9 Å². The Kier molecular flexibility index (Phi) is 10.9. The van der Waals surface area contributed by atoms with Gasteiger partial charge in [-0.05, 0) is 23.6 Å². The number of nitrogens with two attached hydrogens (primary N) is 1. The zero-order chi connectivity index (χ0) is 18.2. The van der Waals surface area contributed by atoms with E-state index in [1.54, 1.807) is 0 Å². The minimum Gasteiger partial charge on any atom is -0.399 e. The standard InChI is InChI=1S/C21H27N3O2.2ClH/c22-19-9-5-4-6-17(19)10-11-21(25)23-20(18-7-2-1-3-8-18)16-24-12-14-26-15-13-24;;/h1-9,20H,10-16,22H2,(H,23,25);2*1H. The Labute approximate surface area is 179 Å². The number of para-hydroxylation sites is 1. The van der Waals surface area contributed by atoms with Crippen molar-refractivity contribution in [2.75, 3.05) is 38.6 Å². The fourth-order valence-electron chi connectivity index (χ4n) is 3.24. The lowest BCUT2D eigenvalue weighted by Gasteiger charge is -2.31. The molecule has 154 valence electrons. The van der Waals surface area contributed by atoms with E-state index in [1.807, 2.05) is 42.5 Å². The molecular formula is C21H29Cl2N3O2. The van der Waals surface area contributed by atoms with Gasteiger partial charge < -0.3 is 15.8 Å². The summed E-state index contributed by atoms with van der Waals surface area (Å²) in [4.78, 5) is 14.9. The Morgan fingerprint density at radius 3 is 2.36 bits per heavy atom. The van der Waals surface area contributed by atoms with Gasteiger partial charge in [0.2, 0.25) is 5.91 Å². The molecular weight excluding hydrogens is 397 g/mol. The molecule has 3 N–H and O–H groups in total. The van der Waals surface area contributed by atoms with Crippen molar-refractivity contribution in [1.29, 1.82) is 0 Å². The van der Waals surface area contributed by atoms with Gasteiger partial charge in [-0.25, -0.2) is 0 Å². The molecule has 7 heteroatoms. The number of rotatable bonds is 7. The van der Waals surface area contributed by atoms with Gasteiger partial charge in [0.15, 0.2) is 0 Å². The van der Waals surface area contributed by atoms with Crippen LogP contribution in [0.3, 0.4) is 0 Å². The van der Waals surface area contributed by atoms with E-state index < -0.39 is 0 Å². The number of amides is 1. The molecule has 0 radical (unpaired) electrons. The second kappa shape index (κ2) is 12.6. The number of nitrogens with one attached hydrogen (secondary N) is 1. The third kappa shape index (κ3) is 7.32. The van der Waals surface area contributed by atoms with Crippen molar-refractivity contribution in [2.24, 2.45) is 0 Å². The monoisotopic (exact) mass is 425 g/mol. The van der Waals surface area contributed by atoms with Gasteiger partial charge in [0.1, 0.15) is 0 Å². The number of nitrogens with zero attached hydrogens (tertiary/aromatic N) is 1. The Hall–Kier alpha value is -1.79. The average molecular weight is 426 g/mol. The van der Waals surface area contributed by atoms with E-state index in [4.69, 9.17) is 10.5 Å². The number of benzene rings is 2. The first-order chi connectivity index (χ1) is 12.7. The minimum absolute atomic E-state index is 0. The molecule has 1 unspecified atom stereocenters. The quantitative estimate of drug-likeness (QED) is 0.668. The van der Waals surface area contributed by atoms with Crippen LogP contribution in [0, 0.1) is 0 Å². The fourth-order valence-corrected chi connectivity index (χ4v) is 3.24. The predicted molar refractivity (Wildman–Crippen MR) is 118 cm³/mol. The van der Waals surface area contributed by atoms with Crippen LogP contribution in [0.1, 0.15) is 23.6 Å². The Morgan fingerprint density at radius 2 is 1.68 bits per heavy atom. The van der Waals surface area contributed by atoms with Gasteiger partial charge >= 0.3 is 0 Å². The first-order valence-electron chi connectivity index (χ1n) is 9.20. The highest BCUT2D eigenvalue weighted by Gasteiger charge is 2.20. The predicted octanol–water partition coefficient (Wildman–Crippen LogP) is 3.23. The average Bonchev–Trinajstić information content (AvgIpc) is 2.68. The van der Waals surface area contributed by atoms with Crippen LogP contribution in [0.25, 0.3) is 0 Å². The molecule has 1 aliphatic rings. The Balaban J connectivity index is 0.00000196. The van der Waals surface area contributed by atoms with Crippen LogP contribution < -0.4 is 11.1 Å². The maximum absolute atomic E-state index is 12.6. The van der Waals surface area contributed by atoms with Gasteiger partial charge in [0.25, 0.3) is 0 Å². The second-order valence-corrected chi connectivity index (χ2v) is 6.64. The largest absolute Gasteiger partial charge is 0.399 e. The normalized spacial score (nSPS) is 15.0. The van der Waals surface area contributed by atoms with E-state index in [9.17, 15) is 4.79 Å². The molecule has 0 aliphatic carbocycles. The summed E-state index contributed by atoms with van der Waals surface area (Å²) in [5.74, 6) is 0.0513. The minimum atomic E-state index is -0.0186. The van der Waals surface area contributed by atoms with Crippen LogP contribution in [-0.2, 0) is 16.0 Å². The summed E-state index contributed by atoms with van der Waals surface area (Å²) < 4.78 is 5.43. The third-order valence-electron chi connectivity index (χ3n) is 4.76. The van der Waals surface area contributed by atoms with E-state index >= 15 is 0 Å². The lowest BCUT2D eigenvalue weighted by atomic mass is 10.0. The number of morpholine rings is 1. The highest BCUT2D eigenvalue weighted by atomic mass is 35.5. The van der Waals surface area contributed by atoms with Crippen molar-refractivity contribution in [3.8, 4) is 0 Å². The Morgan fingerprint density at radius 1 is 1.04 bits per heavy atom. The molecule has 1 fully saturated rings. The summed E-state index contributed by atoms with van der Waals surface area (Å²) in [6.45, 7) is 4.11. The third-order valence-corrected chi connectivity index (χ3v) is 4.76. The number of nitrogen functional groups attached to an aromatic ring is 1. The van der Waals surface area contributed by atoms with E-state index in [1.165, 1.54) is 0 Å². The van der Waals surface area contributed by atoms with E-state index in [-0.39, 0.29) is 36.8 Å². The zero-order valence-electron chi connectivity index (χ0n) is 15.9. The zero-order valence-corrected chi connectivity index (χ0v) is 17.5. The summed E-state index contributed by atoms with van der Waals surface area (Å²) >= 11 is 0. The number of carbonyl (C=O) groups excluding carboxylic acids is 1. The summed E-state index contributed by atoms with van der Waals surface area (Å²) in [7, 11) is 0. The van der Waals surface area contributed by atoms with Crippen LogP contribution in [0.2, 0.25) is 0 Å². The molecule has 5 nitrogen and oxygen atoms in total. The topological polar surface area (TPSA) is 67.6 Å². The van der Waals surface area contributed by atoms with Crippen molar-refractivity contribution in [1.82, 2.24) is 10.2 Å². The van der Waals surface area contributed by atoms with Crippen LogP contribution in [0.15, 0.2) is 54.6 Å². The van der Waals surface area contributed by atoms with Crippen molar-refractivity contribution < 1.29 is 9.53 Å². The van der Waals surface area contributed by atoms with E-state index in [0.717, 1.165) is 49.7 Å². The molecule has 28 heavy (non-hydrogen) atoms. The molecule has 3 rings (SSSR count). The first kappa shape index (κ1) is 24.2. The Bertz CT molecular complexity index is 710. The lowest BCUT2D eigenvalue weighted by Crippen LogP contribution is -2.43. The number of ether oxygens (including phenoxy) is 1. The van der Waals surface area contributed by atoms with Crippen LogP contribution in [0.4, 0.5) is 5.69 Å². The van der Waals surface area contributed by atoms with Gasteiger partial charge in [-0.15, -0.1) is 24.8 Å². The summed E-state index contributed by atoms with van der Waals surface area (Å²) in [6, 6.07) is 17.9. The van der Waals surface area contributed by atoms with Gasteiger partial charge in [0, 0.05) is 31.7 Å². The molecule has 1 amide bonds. The maximum Gasteiger partial charge on any atom is 0.220 e. The second-order valence-electron chi connectivity index (χ2n) is 6.64. The van der Waals surface area contributed by atoms with Gasteiger partial charge in [-0.1, -0.05) is 48.5 Å². The van der Waals surface area contributed by atoms with Crippen LogP contribution >= 0.6 is 24.8 Å². The van der Waals surface area contributed by atoms with Gasteiger partial charge in [0.05, 0.1) is 19.3 Å². The number of anilines is 1. The van der Waals surface area contributed by atoms with Gasteiger partial charge in [-0.3, -0.25) is 9.69 Å². The molecule has 1 heterocycles. The van der Waals surface area contributed by atoms with Gasteiger partial charge in [-0.2, -0.15) is 0 Å². The SMILES string of the molecule is Cl.Cl.Nc1ccccc1CCC(=O)NC(CN1CCOCC1)c1ccccc1. The maximum atomic E-state index is 12.6. The molecule has 0 saturated carbocycles. The van der Waals surface area contributed by atoms with E-state index in [2.05, 4.69) is 22.3 Å². The highest BCUT2D eigenvalue weighted by molar-refractivity contribution is 5.85. The van der Waals surface area contributed by atoms with Crippen LogP contribution in [0.5, 0.6) is 0 Å². The molecule has 2 aromatic rings. The molecule has 0 spiro atoms. The molecule has 1 aliphatic heterocycles. The summed E-state index contributed by atoms with van der Waals surface area (Å²) in [6.07, 6.45) is 1.08. The number of hydrogen-bond donors (Lipinski definition) is 2. The summed E-state index contributed by atoms with van der Waals surface area (Å²) in [5.41, 5.74) is 8.87. The number of aryl methyl sites for hydroxylation is 1. The van der Waals surface area contributed by atoms with Crippen molar-refractivity contribution in [3.05, 3.63) is 65.7 Å². The fraction of sp³-hybridized carbons (Fsp3) is 0.381. The molecule has 0 bridgehead atoms. The number of halogens is 2. The lowest BCUT2D eigenvalue weighted by molar-refractivity contribution is -0.122. The molecule has 2 aromatic carbocycles. The van der Waals surface area contributed by atoms with Crippen molar-refractivity contribution in [3.63, 3.8) is 0 Å². The molecule has 1 atom stereocenters. The number of hydrogen-bond acceptors (Lipinski definition) is 4. The highest BCUT2D eigenvalue weighted by Crippen LogP contribution is 2.17. The summed E-state index contributed by atoms with van der Waals surface area (Å²) in [5, 5.41) is 3.21. The molecule has 0 aromatic heterocycles.